The summed E-state index contributed by atoms with van der Waals surface area (Å²) >= 11 is 2.05. The highest BCUT2D eigenvalue weighted by Gasteiger charge is 2.39. The lowest BCUT2D eigenvalue weighted by atomic mass is 9.87. The number of nitrogen functional groups attached to an aromatic ring is 1. The number of benzene rings is 1. The van der Waals surface area contributed by atoms with E-state index in [1.807, 2.05) is 40.9 Å². The number of rotatable bonds is 1. The minimum atomic E-state index is -0.0731. The summed E-state index contributed by atoms with van der Waals surface area (Å²) in [4.78, 5) is 15.0. The Hall–Kier alpha value is -1.82. The highest BCUT2D eigenvalue weighted by molar-refractivity contribution is 8.00. The molecular formula is C18H22N4OS. The minimum absolute atomic E-state index is 0.0731. The van der Waals surface area contributed by atoms with Gasteiger partial charge < -0.3 is 10.6 Å². The molecule has 2 aliphatic rings. The molecular weight excluding hydrogens is 320 g/mol. The van der Waals surface area contributed by atoms with Crippen molar-refractivity contribution < 1.29 is 4.79 Å². The van der Waals surface area contributed by atoms with Crippen molar-refractivity contribution in [1.82, 2.24) is 15.1 Å². The molecule has 2 aromatic rings. The smallest absolute Gasteiger partial charge is 0.276 e. The number of carbonyl (C=O) groups excluding carboxylic acids is 1. The molecule has 5 nitrogen and oxygen atoms in total. The summed E-state index contributed by atoms with van der Waals surface area (Å²) in [6, 6.07) is 7.56. The Labute approximate surface area is 146 Å². The van der Waals surface area contributed by atoms with Gasteiger partial charge in [0.15, 0.2) is 5.69 Å². The predicted octanol–water partition coefficient (Wildman–Crippen LogP) is 3.10. The Morgan fingerprint density at radius 3 is 2.79 bits per heavy atom. The fraction of sp³-hybridized carbons (Fsp3) is 0.500. The van der Waals surface area contributed by atoms with Crippen LogP contribution in [0, 0.1) is 0 Å². The van der Waals surface area contributed by atoms with Crippen LogP contribution in [0.2, 0.25) is 0 Å². The molecule has 0 atom stereocenters. The summed E-state index contributed by atoms with van der Waals surface area (Å²) in [6.45, 7) is 1.57. The number of hydrogen-bond donors (Lipinski definition) is 1. The third-order valence-corrected chi connectivity index (χ3v) is 6.75. The van der Waals surface area contributed by atoms with Crippen molar-refractivity contribution >= 4 is 34.3 Å². The molecule has 2 N–H and O–H groups in total. The highest BCUT2D eigenvalue weighted by Crippen LogP contribution is 2.43. The van der Waals surface area contributed by atoms with Gasteiger partial charge in [-0.1, -0.05) is 37.5 Å². The van der Waals surface area contributed by atoms with Crippen molar-refractivity contribution in [2.75, 3.05) is 24.6 Å². The quantitative estimate of drug-likeness (QED) is 0.862. The van der Waals surface area contributed by atoms with Crippen LogP contribution < -0.4 is 5.73 Å². The van der Waals surface area contributed by atoms with Crippen LogP contribution in [0.3, 0.4) is 0 Å². The van der Waals surface area contributed by atoms with Gasteiger partial charge in [-0.15, -0.1) is 10.2 Å². The molecule has 1 aromatic carbocycles. The number of nitrogens with zero attached hydrogens (tertiary/aromatic N) is 3. The van der Waals surface area contributed by atoms with Gasteiger partial charge in [-0.25, -0.2) is 0 Å². The topological polar surface area (TPSA) is 72.1 Å². The third kappa shape index (κ3) is 2.73. The van der Waals surface area contributed by atoms with Crippen LogP contribution in [0.1, 0.15) is 42.6 Å². The number of aromatic nitrogens is 2. The Balaban J connectivity index is 1.62. The van der Waals surface area contributed by atoms with Gasteiger partial charge in [0.05, 0.1) is 11.2 Å². The lowest BCUT2D eigenvalue weighted by molar-refractivity contribution is 0.0724. The van der Waals surface area contributed by atoms with E-state index in [0.717, 1.165) is 29.7 Å². The molecule has 1 aromatic heterocycles. The van der Waals surface area contributed by atoms with Gasteiger partial charge in [-0.2, -0.15) is 11.8 Å². The molecule has 24 heavy (non-hydrogen) atoms. The monoisotopic (exact) mass is 342 g/mol. The number of fused-ring (bicyclic) bond motifs is 1. The van der Waals surface area contributed by atoms with E-state index in [4.69, 9.17) is 5.73 Å². The number of thioether (sulfide) groups is 1. The van der Waals surface area contributed by atoms with Crippen molar-refractivity contribution in [3.8, 4) is 0 Å². The Kier molecular flexibility index (Phi) is 4.08. The maximum Gasteiger partial charge on any atom is 0.276 e. The SMILES string of the molecule is Nc1c(C(=O)N2CCSC3(CCCCC3)C2)nnc2ccccc12. The fourth-order valence-corrected chi connectivity index (χ4v) is 5.47. The summed E-state index contributed by atoms with van der Waals surface area (Å²) in [5, 5.41) is 9.12. The molecule has 2 fully saturated rings. The van der Waals surface area contributed by atoms with Gasteiger partial charge >= 0.3 is 0 Å². The van der Waals surface area contributed by atoms with E-state index in [1.54, 1.807) is 0 Å². The molecule has 2 heterocycles. The average Bonchev–Trinajstić information content (AvgIpc) is 2.62. The number of anilines is 1. The van der Waals surface area contributed by atoms with Gasteiger partial charge in [-0.3, -0.25) is 4.79 Å². The second kappa shape index (κ2) is 6.24. The molecule has 0 radical (unpaired) electrons. The molecule has 4 rings (SSSR count). The van der Waals surface area contributed by atoms with Gasteiger partial charge in [0.1, 0.15) is 0 Å². The van der Waals surface area contributed by atoms with Crippen LogP contribution in [0.15, 0.2) is 24.3 Å². The first-order valence-electron chi connectivity index (χ1n) is 8.63. The molecule has 1 amide bonds. The van der Waals surface area contributed by atoms with Crippen molar-refractivity contribution in [1.29, 1.82) is 0 Å². The van der Waals surface area contributed by atoms with E-state index in [1.165, 1.54) is 32.1 Å². The maximum absolute atomic E-state index is 13.0. The molecule has 1 saturated heterocycles. The van der Waals surface area contributed by atoms with Crippen LogP contribution in [-0.4, -0.2) is 44.6 Å². The standard InChI is InChI=1S/C18H22N4OS/c19-15-13-6-2-3-7-14(13)20-21-16(15)17(23)22-10-11-24-18(12-22)8-4-1-5-9-18/h2-3,6-7H,1,4-5,8-12H2,(H2,19,20). The summed E-state index contributed by atoms with van der Waals surface area (Å²) < 4.78 is 0.241. The highest BCUT2D eigenvalue weighted by atomic mass is 32.2. The van der Waals surface area contributed by atoms with Crippen LogP contribution in [0.25, 0.3) is 10.9 Å². The first-order chi connectivity index (χ1) is 11.7. The van der Waals surface area contributed by atoms with Crippen LogP contribution in [-0.2, 0) is 0 Å². The summed E-state index contributed by atoms with van der Waals surface area (Å²) in [5.41, 5.74) is 7.71. The normalized spacial score (nSPS) is 20.4. The zero-order valence-electron chi connectivity index (χ0n) is 13.7. The van der Waals surface area contributed by atoms with E-state index in [2.05, 4.69) is 10.2 Å². The molecule has 1 aliphatic heterocycles. The number of nitrogens with two attached hydrogens (primary N) is 1. The van der Waals surface area contributed by atoms with Crippen molar-refractivity contribution in [3.63, 3.8) is 0 Å². The largest absolute Gasteiger partial charge is 0.396 e. The molecule has 126 valence electrons. The first-order valence-corrected chi connectivity index (χ1v) is 9.61. The second-order valence-electron chi connectivity index (χ2n) is 6.80. The number of carbonyl (C=O) groups is 1. The van der Waals surface area contributed by atoms with Gasteiger partial charge in [0.2, 0.25) is 0 Å². The van der Waals surface area contributed by atoms with Crippen molar-refractivity contribution in [2.45, 2.75) is 36.9 Å². The maximum atomic E-state index is 13.0. The molecule has 0 unspecified atom stereocenters. The van der Waals surface area contributed by atoms with Crippen molar-refractivity contribution in [3.05, 3.63) is 30.0 Å². The van der Waals surface area contributed by atoms with Gasteiger partial charge in [0, 0.05) is 29.0 Å². The van der Waals surface area contributed by atoms with Gasteiger partial charge in [-0.05, 0) is 18.9 Å². The molecule has 1 spiro atoms. The first kappa shape index (κ1) is 15.7. The van der Waals surface area contributed by atoms with Crippen molar-refractivity contribution in [2.24, 2.45) is 0 Å². The minimum Gasteiger partial charge on any atom is -0.396 e. The molecule has 1 saturated carbocycles. The van der Waals surface area contributed by atoms with Crippen LogP contribution >= 0.6 is 11.8 Å². The molecule has 0 bridgehead atoms. The summed E-state index contributed by atoms with van der Waals surface area (Å²) in [7, 11) is 0. The Bertz CT molecular complexity index is 767. The van der Waals surface area contributed by atoms with Crippen LogP contribution in [0.4, 0.5) is 5.69 Å². The van der Waals surface area contributed by atoms with E-state index in [0.29, 0.717) is 11.4 Å². The third-order valence-electron chi connectivity index (χ3n) is 5.21. The van der Waals surface area contributed by atoms with E-state index >= 15 is 0 Å². The lowest BCUT2D eigenvalue weighted by Crippen LogP contribution is -2.50. The Morgan fingerprint density at radius 1 is 1.17 bits per heavy atom. The van der Waals surface area contributed by atoms with Gasteiger partial charge in [0.25, 0.3) is 5.91 Å². The number of amides is 1. The summed E-state index contributed by atoms with van der Waals surface area (Å²) in [5.74, 6) is 0.920. The van der Waals surface area contributed by atoms with Crippen LogP contribution in [0.5, 0.6) is 0 Å². The summed E-state index contributed by atoms with van der Waals surface area (Å²) in [6.07, 6.45) is 6.28. The Morgan fingerprint density at radius 2 is 1.96 bits per heavy atom. The fourth-order valence-electron chi connectivity index (χ4n) is 3.90. The van der Waals surface area contributed by atoms with E-state index in [9.17, 15) is 4.79 Å². The zero-order chi connectivity index (χ0) is 16.6. The molecule has 6 heteroatoms. The second-order valence-corrected chi connectivity index (χ2v) is 8.36. The lowest BCUT2D eigenvalue weighted by Gasteiger charge is -2.44. The van der Waals surface area contributed by atoms with E-state index < -0.39 is 0 Å². The zero-order valence-corrected chi connectivity index (χ0v) is 14.5. The number of hydrogen-bond acceptors (Lipinski definition) is 5. The predicted molar refractivity (Wildman–Crippen MR) is 98.1 cm³/mol. The molecule has 1 aliphatic carbocycles. The van der Waals surface area contributed by atoms with E-state index in [-0.39, 0.29) is 10.7 Å². The average molecular weight is 342 g/mol.